The lowest BCUT2D eigenvalue weighted by molar-refractivity contribution is -0.120. The molecular weight excluding hydrogens is 445 g/mol. The van der Waals surface area contributed by atoms with Gasteiger partial charge < -0.3 is 5.32 Å². The first kappa shape index (κ1) is 21.0. The predicted octanol–water partition coefficient (Wildman–Crippen LogP) is 3.55. The van der Waals surface area contributed by atoms with E-state index in [1.54, 1.807) is 31.2 Å². The number of imidazole rings is 1. The highest BCUT2D eigenvalue weighted by Gasteiger charge is 2.30. The molecule has 0 bridgehead atoms. The average molecular weight is 462 g/mol. The Balaban J connectivity index is 1.58. The van der Waals surface area contributed by atoms with Crippen molar-refractivity contribution in [3.63, 3.8) is 0 Å². The fourth-order valence-electron chi connectivity index (χ4n) is 3.91. The quantitative estimate of drug-likeness (QED) is 0.505. The molecule has 1 amide bonds. The summed E-state index contributed by atoms with van der Waals surface area (Å²) in [5.41, 5.74) is 2.91. The number of benzene rings is 2. The van der Waals surface area contributed by atoms with Crippen molar-refractivity contribution >= 4 is 34.7 Å². The standard InChI is InChI=1S/C24H17ClFN5O2/c1-13-22(31-20(27-13)11-10-19(25)30-31)24(33)29-23-18(32)12-16-15(8-5-9-17(16)26)21(28-23)14-6-3-2-4-7-14/h2-11,23H,12H2,1H3,(H,29,33)/t23-/m1/s1. The highest BCUT2D eigenvalue weighted by atomic mass is 35.5. The van der Waals surface area contributed by atoms with E-state index in [-0.39, 0.29) is 22.8 Å². The molecular formula is C24H17ClFN5O2. The zero-order valence-electron chi connectivity index (χ0n) is 17.4. The number of carbonyl (C=O) groups is 2. The molecule has 1 aliphatic rings. The van der Waals surface area contributed by atoms with Crippen LogP contribution in [0.25, 0.3) is 5.65 Å². The van der Waals surface area contributed by atoms with Gasteiger partial charge in [-0.2, -0.15) is 5.10 Å². The van der Waals surface area contributed by atoms with Gasteiger partial charge in [0.05, 0.1) is 11.4 Å². The van der Waals surface area contributed by atoms with Gasteiger partial charge in [-0.15, -0.1) is 0 Å². The van der Waals surface area contributed by atoms with Crippen molar-refractivity contribution in [1.82, 2.24) is 19.9 Å². The molecule has 2 aromatic carbocycles. The largest absolute Gasteiger partial charge is 0.323 e. The van der Waals surface area contributed by atoms with Crippen molar-refractivity contribution in [2.75, 3.05) is 0 Å². The Morgan fingerprint density at radius 3 is 2.70 bits per heavy atom. The smallest absolute Gasteiger partial charge is 0.273 e. The molecule has 0 aliphatic carbocycles. The Kier molecular flexibility index (Phi) is 5.22. The molecule has 9 heteroatoms. The molecule has 0 saturated carbocycles. The summed E-state index contributed by atoms with van der Waals surface area (Å²) in [5, 5.41) is 7.01. The SMILES string of the molecule is Cc1nc2ccc(Cl)nn2c1C(=O)N[C@H]1N=C(c2ccccc2)c2cccc(F)c2CC1=O. The number of Topliss-reactive ketones (excluding diaryl/α,β-unsaturated/α-hetero) is 1. The normalized spacial score (nSPS) is 15.7. The number of hydrogen-bond donors (Lipinski definition) is 1. The van der Waals surface area contributed by atoms with Crippen LogP contribution >= 0.6 is 11.6 Å². The molecule has 0 fully saturated rings. The van der Waals surface area contributed by atoms with E-state index in [4.69, 9.17) is 11.6 Å². The molecule has 33 heavy (non-hydrogen) atoms. The molecule has 4 aromatic rings. The topological polar surface area (TPSA) is 88.7 Å². The lowest BCUT2D eigenvalue weighted by Crippen LogP contribution is -2.41. The van der Waals surface area contributed by atoms with Gasteiger partial charge in [0.25, 0.3) is 5.91 Å². The maximum Gasteiger partial charge on any atom is 0.273 e. The average Bonchev–Trinajstić information content (AvgIpc) is 3.05. The van der Waals surface area contributed by atoms with Gasteiger partial charge in [-0.25, -0.2) is 13.9 Å². The van der Waals surface area contributed by atoms with Crippen LogP contribution in [0.3, 0.4) is 0 Å². The van der Waals surface area contributed by atoms with Crippen molar-refractivity contribution in [3.05, 3.63) is 99.7 Å². The van der Waals surface area contributed by atoms with Crippen molar-refractivity contribution < 1.29 is 14.0 Å². The van der Waals surface area contributed by atoms with Crippen LogP contribution in [-0.4, -0.2) is 38.2 Å². The van der Waals surface area contributed by atoms with Crippen molar-refractivity contribution in [2.45, 2.75) is 19.5 Å². The summed E-state index contributed by atoms with van der Waals surface area (Å²) in [6, 6.07) is 17.0. The van der Waals surface area contributed by atoms with Gasteiger partial charge >= 0.3 is 0 Å². The van der Waals surface area contributed by atoms with Crippen LogP contribution in [0.5, 0.6) is 0 Å². The molecule has 0 unspecified atom stereocenters. The number of aromatic nitrogens is 3. The summed E-state index contributed by atoms with van der Waals surface area (Å²) in [6.45, 7) is 1.66. The number of halogens is 2. The van der Waals surface area contributed by atoms with Crippen molar-refractivity contribution in [1.29, 1.82) is 0 Å². The number of hydrogen-bond acceptors (Lipinski definition) is 5. The minimum atomic E-state index is -1.22. The number of ketones is 1. The van der Waals surface area contributed by atoms with E-state index in [1.165, 1.54) is 10.6 Å². The third-order valence-corrected chi connectivity index (χ3v) is 5.64. The molecule has 3 heterocycles. The van der Waals surface area contributed by atoms with Crippen LogP contribution in [-0.2, 0) is 11.2 Å². The van der Waals surface area contributed by atoms with Crippen LogP contribution in [0.4, 0.5) is 4.39 Å². The summed E-state index contributed by atoms with van der Waals surface area (Å²) < 4.78 is 16.0. The third-order valence-electron chi connectivity index (χ3n) is 5.44. The van der Waals surface area contributed by atoms with E-state index in [2.05, 4.69) is 20.4 Å². The van der Waals surface area contributed by atoms with E-state index in [0.29, 0.717) is 28.2 Å². The predicted molar refractivity (Wildman–Crippen MR) is 121 cm³/mol. The van der Waals surface area contributed by atoms with E-state index < -0.39 is 23.7 Å². The summed E-state index contributed by atoms with van der Waals surface area (Å²) in [7, 11) is 0. The van der Waals surface area contributed by atoms with Gasteiger partial charge in [-0.1, -0.05) is 54.1 Å². The van der Waals surface area contributed by atoms with Crippen molar-refractivity contribution in [3.8, 4) is 0 Å². The highest BCUT2D eigenvalue weighted by Crippen LogP contribution is 2.24. The van der Waals surface area contributed by atoms with Crippen LogP contribution in [0.15, 0.2) is 65.7 Å². The number of amides is 1. The van der Waals surface area contributed by atoms with E-state index in [9.17, 15) is 14.0 Å². The number of fused-ring (bicyclic) bond motifs is 2. The second-order valence-corrected chi connectivity index (χ2v) is 7.99. The Bertz CT molecular complexity index is 1450. The fraction of sp³-hybridized carbons (Fsp3) is 0.125. The van der Waals surface area contributed by atoms with Crippen LogP contribution in [0, 0.1) is 12.7 Å². The zero-order chi connectivity index (χ0) is 23.1. The first-order valence-electron chi connectivity index (χ1n) is 10.2. The molecule has 0 spiro atoms. The van der Waals surface area contributed by atoms with Gasteiger partial charge in [0.15, 0.2) is 23.3 Å². The third kappa shape index (κ3) is 3.78. The maximum atomic E-state index is 14.7. The summed E-state index contributed by atoms with van der Waals surface area (Å²) in [6.07, 6.45) is -1.42. The van der Waals surface area contributed by atoms with Gasteiger partial charge in [0, 0.05) is 23.1 Å². The van der Waals surface area contributed by atoms with Crippen LogP contribution < -0.4 is 5.32 Å². The van der Waals surface area contributed by atoms with Gasteiger partial charge in [0.2, 0.25) is 0 Å². The van der Waals surface area contributed by atoms with Crippen molar-refractivity contribution in [2.24, 2.45) is 4.99 Å². The Morgan fingerprint density at radius 2 is 1.91 bits per heavy atom. The lowest BCUT2D eigenvalue weighted by atomic mass is 9.95. The molecule has 1 aliphatic heterocycles. The van der Waals surface area contributed by atoms with Gasteiger partial charge in [-0.3, -0.25) is 14.6 Å². The monoisotopic (exact) mass is 461 g/mol. The van der Waals surface area contributed by atoms with E-state index >= 15 is 0 Å². The number of aliphatic imine (C=N–C) groups is 1. The number of rotatable bonds is 3. The summed E-state index contributed by atoms with van der Waals surface area (Å²) in [4.78, 5) is 35.2. The number of nitrogens with zero attached hydrogens (tertiary/aromatic N) is 4. The summed E-state index contributed by atoms with van der Waals surface area (Å²) >= 11 is 5.99. The molecule has 5 rings (SSSR count). The van der Waals surface area contributed by atoms with Gasteiger partial charge in [-0.05, 0) is 25.1 Å². The first-order chi connectivity index (χ1) is 15.9. The van der Waals surface area contributed by atoms with Crippen LogP contribution in [0.1, 0.15) is 32.9 Å². The number of aryl methyl sites for hydroxylation is 1. The molecule has 1 atom stereocenters. The maximum absolute atomic E-state index is 14.7. The molecule has 1 N–H and O–H groups in total. The molecule has 2 aromatic heterocycles. The molecule has 0 radical (unpaired) electrons. The Morgan fingerprint density at radius 1 is 1.12 bits per heavy atom. The van der Waals surface area contributed by atoms with E-state index in [1.807, 2.05) is 30.3 Å². The van der Waals surface area contributed by atoms with Gasteiger partial charge in [0.1, 0.15) is 11.0 Å². The zero-order valence-corrected chi connectivity index (χ0v) is 18.2. The molecule has 0 saturated heterocycles. The molecule has 7 nitrogen and oxygen atoms in total. The minimum Gasteiger partial charge on any atom is -0.323 e. The Labute approximate surface area is 192 Å². The van der Waals surface area contributed by atoms with E-state index in [0.717, 1.165) is 0 Å². The Hall–Kier alpha value is -3.91. The number of nitrogens with one attached hydrogen (secondary N) is 1. The second-order valence-electron chi connectivity index (χ2n) is 7.60. The minimum absolute atomic E-state index is 0.143. The first-order valence-corrected chi connectivity index (χ1v) is 10.6. The second kappa shape index (κ2) is 8.22. The number of carbonyl (C=O) groups excluding carboxylic acids is 2. The van der Waals surface area contributed by atoms with Crippen LogP contribution in [0.2, 0.25) is 5.15 Å². The fourth-order valence-corrected chi connectivity index (χ4v) is 4.05. The molecule has 164 valence electrons. The highest BCUT2D eigenvalue weighted by molar-refractivity contribution is 6.29. The summed E-state index contributed by atoms with van der Waals surface area (Å²) in [5.74, 6) is -1.51. The lowest BCUT2D eigenvalue weighted by Gasteiger charge is -2.13.